The molecular weight excluding hydrogens is 891 g/mol. The fourth-order valence-corrected chi connectivity index (χ4v) is 7.44. The molecule has 0 saturated carbocycles. The molecular formula is C46H63N7O15. The van der Waals surface area contributed by atoms with Gasteiger partial charge in [-0.3, -0.25) is 28.8 Å². The van der Waals surface area contributed by atoms with E-state index in [-0.39, 0.29) is 31.7 Å². The first-order valence-corrected chi connectivity index (χ1v) is 22.1. The van der Waals surface area contributed by atoms with Crippen LogP contribution >= 0.6 is 0 Å². The summed E-state index contributed by atoms with van der Waals surface area (Å²) in [5.74, 6) is -10.1. The number of alkyl carbamates (subject to hydrolysis) is 1. The van der Waals surface area contributed by atoms with Crippen molar-refractivity contribution in [1.29, 1.82) is 0 Å². The van der Waals surface area contributed by atoms with Crippen molar-refractivity contribution in [2.45, 2.75) is 108 Å². The summed E-state index contributed by atoms with van der Waals surface area (Å²) in [5, 5.41) is 37.7. The summed E-state index contributed by atoms with van der Waals surface area (Å²) in [6.45, 7) is 7.79. The number of ether oxygens (including phenoxy) is 5. The van der Waals surface area contributed by atoms with Gasteiger partial charge in [0.25, 0.3) is 5.91 Å². The number of esters is 1. The number of cyclic esters (lactones) is 1. The van der Waals surface area contributed by atoms with Gasteiger partial charge < -0.3 is 70.7 Å². The average molecular weight is 954 g/mol. The number of methoxy groups -OCH3 is 2. The predicted octanol–water partition coefficient (Wildman–Crippen LogP) is -0.597. The third-order valence-corrected chi connectivity index (χ3v) is 11.2. The van der Waals surface area contributed by atoms with Gasteiger partial charge in [-0.25, -0.2) is 9.59 Å². The number of carbonyl (C=O) groups is 8. The van der Waals surface area contributed by atoms with Crippen LogP contribution < -0.4 is 36.6 Å². The zero-order chi connectivity index (χ0) is 50.1. The van der Waals surface area contributed by atoms with E-state index in [4.69, 9.17) is 23.7 Å². The van der Waals surface area contributed by atoms with Gasteiger partial charge in [-0.05, 0) is 68.9 Å². The number of hydrogen-bond donors (Lipinski definition) is 8. The van der Waals surface area contributed by atoms with Crippen LogP contribution in [0.4, 0.5) is 4.79 Å². The molecule has 0 aliphatic carbocycles. The van der Waals surface area contributed by atoms with Crippen molar-refractivity contribution in [1.82, 2.24) is 36.8 Å². The molecule has 0 aromatic heterocycles. The summed E-state index contributed by atoms with van der Waals surface area (Å²) in [6.07, 6.45) is -2.20. The number of hydrogen-bond acceptors (Lipinski definition) is 15. The van der Waals surface area contributed by atoms with Crippen molar-refractivity contribution in [3.05, 3.63) is 78.4 Å². The maximum atomic E-state index is 15.1. The molecule has 2 aromatic rings. The minimum absolute atomic E-state index is 0.00658. The Morgan fingerprint density at radius 2 is 1.62 bits per heavy atom. The van der Waals surface area contributed by atoms with Crippen molar-refractivity contribution in [2.24, 2.45) is 5.92 Å². The number of benzene rings is 2. The lowest BCUT2D eigenvalue weighted by atomic mass is 9.93. The lowest BCUT2D eigenvalue weighted by molar-refractivity contribution is -0.220. The van der Waals surface area contributed by atoms with E-state index >= 15 is 4.79 Å². The summed E-state index contributed by atoms with van der Waals surface area (Å²) in [5.41, 5.74) is 0.822. The summed E-state index contributed by atoms with van der Waals surface area (Å²) < 4.78 is 27.8. The first-order valence-electron chi connectivity index (χ1n) is 22.1. The molecule has 372 valence electrons. The molecule has 8 N–H and O–H groups in total. The normalized spacial score (nSPS) is 25.2. The van der Waals surface area contributed by atoms with Crippen molar-refractivity contribution >= 4 is 47.5 Å². The van der Waals surface area contributed by atoms with E-state index in [1.54, 1.807) is 13.8 Å². The van der Waals surface area contributed by atoms with Crippen molar-refractivity contribution < 1.29 is 72.3 Å². The van der Waals surface area contributed by atoms with Gasteiger partial charge in [-0.1, -0.05) is 56.8 Å². The number of piperidine rings is 1. The van der Waals surface area contributed by atoms with Gasteiger partial charge in [-0.15, -0.1) is 0 Å². The molecule has 2 unspecified atom stereocenters. The lowest BCUT2D eigenvalue weighted by Gasteiger charge is -2.42. The summed E-state index contributed by atoms with van der Waals surface area (Å²) in [7, 11) is 2.32. The second-order valence-electron chi connectivity index (χ2n) is 16.6. The standard InChI is InChI=1S/C46H63N7O15/c1-8-22-66-45(62)51-36-37(26(2)3)68-44(61)33-16-12-13-21-53(33)43(60)38(46(63,65-7)30-17-19-31(20-18-30)67-24-29-14-10-9-11-15-29)52-41(58)35(28(5)54)50-39(56)27(4)48-34(55)23-47-40(57)32(25-64-6)49-42(36)59/h8-11,14-15,17-20,26-28,32-33,35-38,54,63H,1,12-13,16,21-25H2,2-7H3,(H,47,57)(H,48,55)(H,49,59)(H,50,56)(H,51,62)(H,52,58)/t27-,28+,32?,33-,35?,36+,37-,38-,46+/m0/s1. The number of carbonyl (C=O) groups excluding carboxylic acids is 8. The van der Waals surface area contributed by atoms with E-state index in [9.17, 15) is 43.8 Å². The Morgan fingerprint density at radius 3 is 2.24 bits per heavy atom. The highest BCUT2D eigenvalue weighted by Gasteiger charge is 2.50. The third-order valence-electron chi connectivity index (χ3n) is 11.2. The van der Waals surface area contributed by atoms with Crippen LogP contribution in [0.2, 0.25) is 0 Å². The zero-order valence-corrected chi connectivity index (χ0v) is 39.0. The highest BCUT2D eigenvalue weighted by Crippen LogP contribution is 2.32. The fourth-order valence-electron chi connectivity index (χ4n) is 7.44. The number of aliphatic hydroxyl groups excluding tert-OH is 1. The van der Waals surface area contributed by atoms with Crippen LogP contribution in [-0.4, -0.2) is 152 Å². The van der Waals surface area contributed by atoms with Gasteiger partial charge in [0, 0.05) is 26.3 Å². The first kappa shape index (κ1) is 54.0. The molecule has 7 amide bonds. The van der Waals surface area contributed by atoms with Gasteiger partial charge in [-0.2, -0.15) is 0 Å². The van der Waals surface area contributed by atoms with Crippen molar-refractivity contribution in [3.63, 3.8) is 0 Å². The van der Waals surface area contributed by atoms with E-state index in [2.05, 4.69) is 38.5 Å². The Morgan fingerprint density at radius 1 is 0.926 bits per heavy atom. The van der Waals surface area contributed by atoms with Gasteiger partial charge in [0.1, 0.15) is 55.3 Å². The SMILES string of the molecule is C=CCOC(=O)N[C@H]1C(=O)NC(COC)C(=O)NCC(=O)N[C@@H](C)C(=O)NC([C@@H](C)O)C(=O)N[C@H]([C@](O)(OC)c2ccc(OCc3ccccc3)cc2)C(=O)N2CCCC[C@H]2C(=O)O[C@H]1C(C)C. The quantitative estimate of drug-likeness (QED) is 0.0707. The molecule has 2 aliphatic heterocycles. The highest BCUT2D eigenvalue weighted by atomic mass is 16.6. The van der Waals surface area contributed by atoms with Crippen LogP contribution in [0.3, 0.4) is 0 Å². The molecule has 2 heterocycles. The van der Waals surface area contributed by atoms with Gasteiger partial charge in [0.2, 0.25) is 35.3 Å². The Bertz CT molecular complexity index is 2090. The Kier molecular flexibility index (Phi) is 20.2. The fraction of sp³-hybridized carbons (Fsp3) is 0.522. The first-order chi connectivity index (χ1) is 32.3. The molecule has 68 heavy (non-hydrogen) atoms. The van der Waals surface area contributed by atoms with Gasteiger partial charge in [0.15, 0.2) is 6.04 Å². The molecule has 0 spiro atoms. The van der Waals surface area contributed by atoms with Crippen LogP contribution in [0.5, 0.6) is 5.75 Å². The number of nitrogens with zero attached hydrogens (tertiary/aromatic N) is 1. The second-order valence-corrected chi connectivity index (χ2v) is 16.6. The zero-order valence-electron chi connectivity index (χ0n) is 39.0. The molecule has 0 bridgehead atoms. The van der Waals surface area contributed by atoms with Crippen LogP contribution in [0, 0.1) is 5.92 Å². The Balaban J connectivity index is 1.83. The predicted molar refractivity (Wildman–Crippen MR) is 241 cm³/mol. The Labute approximate surface area is 394 Å². The molecule has 0 radical (unpaired) electrons. The van der Waals surface area contributed by atoms with Crippen LogP contribution in [0.15, 0.2) is 67.3 Å². The van der Waals surface area contributed by atoms with E-state index in [0.717, 1.165) is 17.6 Å². The summed E-state index contributed by atoms with van der Waals surface area (Å²) >= 11 is 0. The summed E-state index contributed by atoms with van der Waals surface area (Å²) in [6, 6.07) is 5.20. The van der Waals surface area contributed by atoms with Gasteiger partial charge in [0.05, 0.1) is 19.3 Å². The molecule has 2 fully saturated rings. The van der Waals surface area contributed by atoms with E-state index in [1.807, 2.05) is 30.3 Å². The number of amides is 7. The minimum atomic E-state index is -2.71. The molecule has 4 rings (SSSR count). The molecule has 2 aliphatic rings. The monoisotopic (exact) mass is 953 g/mol. The summed E-state index contributed by atoms with van der Waals surface area (Å²) in [4.78, 5) is 112. The minimum Gasteiger partial charge on any atom is -0.489 e. The Hall–Kier alpha value is -6.62. The lowest BCUT2D eigenvalue weighted by Crippen LogP contribution is -2.66. The number of fused-ring (bicyclic) bond motifs is 1. The smallest absolute Gasteiger partial charge is 0.408 e. The van der Waals surface area contributed by atoms with E-state index < -0.39 is 121 Å². The third kappa shape index (κ3) is 14.4. The topological polar surface area (TPSA) is 299 Å². The van der Waals surface area contributed by atoms with Crippen molar-refractivity contribution in [2.75, 3.05) is 40.5 Å². The largest absolute Gasteiger partial charge is 0.489 e. The number of nitrogens with one attached hydrogen (secondary N) is 6. The highest BCUT2D eigenvalue weighted by molar-refractivity contribution is 5.97. The van der Waals surface area contributed by atoms with Crippen LogP contribution in [0.25, 0.3) is 0 Å². The molecule has 9 atom stereocenters. The van der Waals surface area contributed by atoms with Gasteiger partial charge >= 0.3 is 12.1 Å². The number of rotatable bonds is 13. The molecule has 22 nitrogen and oxygen atoms in total. The maximum Gasteiger partial charge on any atom is 0.408 e. The maximum absolute atomic E-state index is 15.1. The van der Waals surface area contributed by atoms with E-state index in [0.29, 0.717) is 18.6 Å². The molecule has 2 aromatic carbocycles. The second kappa shape index (κ2) is 25.5. The number of aliphatic hydroxyl groups is 2. The van der Waals surface area contributed by atoms with E-state index in [1.165, 1.54) is 51.3 Å². The van der Waals surface area contributed by atoms with Crippen LogP contribution in [-0.2, 0) is 64.9 Å². The molecule has 22 heteroatoms. The van der Waals surface area contributed by atoms with Crippen LogP contribution in [0.1, 0.15) is 58.1 Å². The van der Waals surface area contributed by atoms with Crippen molar-refractivity contribution in [3.8, 4) is 5.75 Å². The average Bonchev–Trinajstić information content (AvgIpc) is 3.32. The molecule has 2 saturated heterocycles.